The number of benzene rings is 1. The van der Waals surface area contributed by atoms with E-state index in [1.54, 1.807) is 0 Å². The van der Waals surface area contributed by atoms with Crippen molar-refractivity contribution >= 4 is 6.09 Å². The Morgan fingerprint density at radius 1 is 1.02 bits per heavy atom. The lowest BCUT2D eigenvalue weighted by Gasteiger charge is -2.57. The molecule has 1 aromatic rings. The predicted molar refractivity (Wildman–Crippen MR) is 159 cm³/mol. The second kappa shape index (κ2) is 10.4. The Bertz CT molecular complexity index is 1110. The highest BCUT2D eigenvalue weighted by atomic mass is 16.7. The number of rotatable bonds is 6. The lowest BCUT2D eigenvalue weighted by atomic mass is 9.48. The number of nitrogens with zero attached hydrogens (tertiary/aromatic N) is 1. The van der Waals surface area contributed by atoms with Gasteiger partial charge in [-0.05, 0) is 140 Å². The molecule has 2 heterocycles. The van der Waals surface area contributed by atoms with E-state index in [-0.39, 0.29) is 11.5 Å². The van der Waals surface area contributed by atoms with Crippen LogP contribution in [0.3, 0.4) is 0 Å². The van der Waals surface area contributed by atoms with Crippen LogP contribution in [0.5, 0.6) is 5.75 Å². The number of ether oxygens (including phenoxy) is 4. The molecule has 1 amide bonds. The summed E-state index contributed by atoms with van der Waals surface area (Å²) in [6.07, 6.45) is 8.97. The van der Waals surface area contributed by atoms with Crippen LogP contribution < -0.4 is 10.1 Å². The van der Waals surface area contributed by atoms with Crippen LogP contribution in [0, 0.1) is 17.8 Å². The number of fused-ring (bicyclic) bond motifs is 1. The molecule has 0 spiro atoms. The third kappa shape index (κ3) is 6.28. The predicted octanol–water partition coefficient (Wildman–Crippen LogP) is 6.35. The van der Waals surface area contributed by atoms with Crippen LogP contribution in [0.1, 0.15) is 104 Å². The molecule has 7 heteroatoms. The van der Waals surface area contributed by atoms with Gasteiger partial charge in [0, 0.05) is 25.2 Å². The van der Waals surface area contributed by atoms with Gasteiger partial charge in [0.2, 0.25) is 0 Å². The van der Waals surface area contributed by atoms with Gasteiger partial charge in [-0.3, -0.25) is 4.90 Å². The molecule has 2 aliphatic heterocycles. The minimum Gasteiger partial charge on any atom is -0.491 e. The zero-order chi connectivity index (χ0) is 29.2. The number of nitrogens with one attached hydrogen (secondary N) is 1. The lowest BCUT2D eigenvalue weighted by molar-refractivity contribution is -0.272. The average molecular weight is 569 g/mol. The van der Waals surface area contributed by atoms with Gasteiger partial charge >= 0.3 is 6.09 Å². The van der Waals surface area contributed by atoms with E-state index in [2.05, 4.69) is 36.2 Å². The van der Waals surface area contributed by atoms with Gasteiger partial charge in [-0.25, -0.2) is 4.79 Å². The first-order valence-electron chi connectivity index (χ1n) is 16.0. The summed E-state index contributed by atoms with van der Waals surface area (Å²) >= 11 is 0. The van der Waals surface area contributed by atoms with Crippen molar-refractivity contribution in [1.82, 2.24) is 10.2 Å². The van der Waals surface area contributed by atoms with E-state index < -0.39 is 23.0 Å². The largest absolute Gasteiger partial charge is 0.491 e. The zero-order valence-corrected chi connectivity index (χ0v) is 26.4. The number of carbonyl (C=O) groups is 1. The molecular weight excluding hydrogens is 516 g/mol. The number of amides is 1. The van der Waals surface area contributed by atoms with E-state index in [0.717, 1.165) is 43.0 Å². The van der Waals surface area contributed by atoms with E-state index >= 15 is 0 Å². The third-order valence-corrected chi connectivity index (χ3v) is 10.0. The Morgan fingerprint density at radius 2 is 1.63 bits per heavy atom. The molecule has 4 aliphatic carbocycles. The molecule has 0 atom stereocenters. The molecule has 5 fully saturated rings. The van der Waals surface area contributed by atoms with Gasteiger partial charge < -0.3 is 24.3 Å². The standard InChI is InChI=1S/C34H52N2O5/c1-22(2)40-29-14-26-8-9-36(19-34(20-38-32(6,7)39-21-34)35-30(37)41-31(3,4)5)18-27(26)13-28(29)33-15-23-10-24(16-33)12-25(11-23)17-33/h13-14,22-25H,8-12,15-21H2,1-7H3,(H,35,37). The minimum atomic E-state index is -0.682. The molecule has 6 aliphatic rings. The monoisotopic (exact) mass is 568 g/mol. The number of carbonyl (C=O) groups excluding carboxylic acids is 1. The Morgan fingerprint density at radius 3 is 2.20 bits per heavy atom. The maximum absolute atomic E-state index is 12.9. The van der Waals surface area contributed by atoms with Crippen LogP contribution in [0.4, 0.5) is 4.79 Å². The normalized spacial score (nSPS) is 32.0. The van der Waals surface area contributed by atoms with Crippen LogP contribution in [0.25, 0.3) is 0 Å². The molecule has 0 radical (unpaired) electrons. The van der Waals surface area contributed by atoms with E-state index in [1.807, 2.05) is 34.6 Å². The molecule has 4 bridgehead atoms. The summed E-state index contributed by atoms with van der Waals surface area (Å²) in [6, 6.07) is 4.90. The van der Waals surface area contributed by atoms with Crippen LogP contribution in [0.2, 0.25) is 0 Å². The van der Waals surface area contributed by atoms with E-state index in [0.29, 0.717) is 19.8 Å². The molecular formula is C34H52N2O5. The van der Waals surface area contributed by atoms with E-state index in [4.69, 9.17) is 18.9 Å². The molecule has 7 rings (SSSR count). The molecule has 41 heavy (non-hydrogen) atoms. The van der Waals surface area contributed by atoms with Crippen molar-refractivity contribution < 1.29 is 23.7 Å². The second-order valence-corrected chi connectivity index (χ2v) is 15.8. The molecule has 1 aromatic carbocycles. The van der Waals surface area contributed by atoms with Crippen molar-refractivity contribution in [3.63, 3.8) is 0 Å². The quantitative estimate of drug-likeness (QED) is 0.432. The van der Waals surface area contributed by atoms with Crippen LogP contribution in [-0.4, -0.2) is 60.3 Å². The van der Waals surface area contributed by atoms with Gasteiger partial charge in [0.05, 0.1) is 19.3 Å². The maximum Gasteiger partial charge on any atom is 0.408 e. The van der Waals surface area contributed by atoms with Crippen molar-refractivity contribution in [3.05, 3.63) is 28.8 Å². The number of hydrogen-bond acceptors (Lipinski definition) is 6. The van der Waals surface area contributed by atoms with Crippen molar-refractivity contribution in [2.24, 2.45) is 17.8 Å². The van der Waals surface area contributed by atoms with Crippen molar-refractivity contribution in [2.75, 3.05) is 26.3 Å². The average Bonchev–Trinajstić information content (AvgIpc) is 2.83. The lowest BCUT2D eigenvalue weighted by Crippen LogP contribution is -2.66. The highest BCUT2D eigenvalue weighted by molar-refractivity contribution is 5.69. The summed E-state index contributed by atoms with van der Waals surface area (Å²) in [4.78, 5) is 15.4. The third-order valence-electron chi connectivity index (χ3n) is 10.0. The van der Waals surface area contributed by atoms with Gasteiger partial charge in [0.25, 0.3) is 0 Å². The summed E-state index contributed by atoms with van der Waals surface area (Å²) in [5.74, 6) is 3.11. The fourth-order valence-corrected chi connectivity index (χ4v) is 8.84. The smallest absolute Gasteiger partial charge is 0.408 e. The Hall–Kier alpha value is -1.83. The summed E-state index contributed by atoms with van der Waals surface area (Å²) in [5.41, 5.74) is 3.29. The molecule has 1 saturated heterocycles. The van der Waals surface area contributed by atoms with Gasteiger partial charge in [-0.15, -0.1) is 0 Å². The Balaban J connectivity index is 1.26. The summed E-state index contributed by atoms with van der Waals surface area (Å²) in [5, 5.41) is 3.16. The molecule has 1 N–H and O–H groups in total. The van der Waals surface area contributed by atoms with E-state index in [1.165, 1.54) is 55.2 Å². The fraction of sp³-hybridized carbons (Fsp3) is 0.794. The van der Waals surface area contributed by atoms with Crippen molar-refractivity contribution in [3.8, 4) is 5.75 Å². The first kappa shape index (κ1) is 29.3. The van der Waals surface area contributed by atoms with Gasteiger partial charge in [-0.2, -0.15) is 0 Å². The highest BCUT2D eigenvalue weighted by Gasteiger charge is 2.53. The maximum atomic E-state index is 12.9. The van der Waals surface area contributed by atoms with Crippen molar-refractivity contribution in [2.45, 2.75) is 128 Å². The first-order valence-corrected chi connectivity index (χ1v) is 16.0. The summed E-state index contributed by atoms with van der Waals surface area (Å²) in [7, 11) is 0. The minimum absolute atomic E-state index is 0.162. The first-order chi connectivity index (χ1) is 19.2. The summed E-state index contributed by atoms with van der Waals surface area (Å²) in [6.45, 7) is 16.9. The highest BCUT2D eigenvalue weighted by Crippen LogP contribution is 2.62. The molecule has 7 nitrogen and oxygen atoms in total. The van der Waals surface area contributed by atoms with Gasteiger partial charge in [0.1, 0.15) is 16.9 Å². The number of hydrogen-bond donors (Lipinski definition) is 1. The Labute approximate surface area is 247 Å². The SMILES string of the molecule is CC(C)Oc1cc2c(cc1C13CC4CC(CC(C4)C1)C3)CN(CC1(NC(=O)OC(C)(C)C)COC(C)(C)OC1)CC2. The van der Waals surface area contributed by atoms with Crippen LogP contribution in [0.15, 0.2) is 12.1 Å². The topological polar surface area (TPSA) is 69.3 Å². The van der Waals surface area contributed by atoms with Crippen molar-refractivity contribution in [1.29, 1.82) is 0 Å². The zero-order valence-electron chi connectivity index (χ0n) is 26.4. The molecule has 228 valence electrons. The van der Waals surface area contributed by atoms with Gasteiger partial charge in [0.15, 0.2) is 5.79 Å². The Kier molecular flexibility index (Phi) is 7.43. The number of alkyl carbamates (subject to hydrolysis) is 1. The molecule has 0 unspecified atom stereocenters. The van der Waals surface area contributed by atoms with Crippen LogP contribution >= 0.6 is 0 Å². The fourth-order valence-electron chi connectivity index (χ4n) is 8.84. The molecule has 4 saturated carbocycles. The van der Waals surface area contributed by atoms with E-state index in [9.17, 15) is 4.79 Å². The second-order valence-electron chi connectivity index (χ2n) is 15.8. The summed E-state index contributed by atoms with van der Waals surface area (Å²) < 4.78 is 24.4. The molecule has 0 aromatic heterocycles. The van der Waals surface area contributed by atoms with Crippen LogP contribution in [-0.2, 0) is 32.6 Å². The van der Waals surface area contributed by atoms with Gasteiger partial charge in [-0.1, -0.05) is 0 Å².